The van der Waals surface area contributed by atoms with E-state index in [4.69, 9.17) is 46.4 Å². The van der Waals surface area contributed by atoms with Gasteiger partial charge >= 0.3 is 0 Å². The van der Waals surface area contributed by atoms with Crippen molar-refractivity contribution in [2.45, 2.75) is 12.3 Å². The summed E-state index contributed by atoms with van der Waals surface area (Å²) >= 11 is 25.0. The highest BCUT2D eigenvalue weighted by molar-refractivity contribution is 6.42. The molecule has 0 saturated carbocycles. The lowest BCUT2D eigenvalue weighted by Gasteiger charge is -2.27. The molecule has 1 atom stereocenters. The number of anilines is 1. The SMILES string of the molecule is CN(C)c1cccc(Cl)c1C1CC(Cl)=CC(Cl)=C1Cl. The van der Waals surface area contributed by atoms with Crippen molar-refractivity contribution < 1.29 is 0 Å². The summed E-state index contributed by atoms with van der Waals surface area (Å²) in [5.74, 6) is -0.0993. The minimum atomic E-state index is -0.0993. The van der Waals surface area contributed by atoms with Crippen molar-refractivity contribution in [2.24, 2.45) is 0 Å². The van der Waals surface area contributed by atoms with Crippen LogP contribution in [0.15, 0.2) is 39.4 Å². The van der Waals surface area contributed by atoms with E-state index in [0.29, 0.717) is 26.5 Å². The molecule has 0 spiro atoms. The molecule has 1 unspecified atom stereocenters. The first kappa shape index (κ1) is 15.1. The molecule has 0 bridgehead atoms. The second-order valence-electron chi connectivity index (χ2n) is 4.61. The molecule has 0 aliphatic heterocycles. The van der Waals surface area contributed by atoms with E-state index in [1.54, 1.807) is 6.08 Å². The fourth-order valence-electron chi connectivity index (χ4n) is 2.21. The maximum Gasteiger partial charge on any atom is 0.0569 e. The minimum absolute atomic E-state index is 0.0993. The first-order chi connectivity index (χ1) is 8.91. The maximum absolute atomic E-state index is 6.35. The van der Waals surface area contributed by atoms with Gasteiger partial charge in [0.2, 0.25) is 0 Å². The Hall–Kier alpha value is -0.340. The summed E-state index contributed by atoms with van der Waals surface area (Å²) in [5.41, 5.74) is 1.98. The predicted molar refractivity (Wildman–Crippen MR) is 85.8 cm³/mol. The van der Waals surface area contributed by atoms with Gasteiger partial charge < -0.3 is 4.90 Å². The van der Waals surface area contributed by atoms with Crippen LogP contribution in [-0.4, -0.2) is 14.1 Å². The van der Waals surface area contributed by atoms with Crippen molar-refractivity contribution in [3.63, 3.8) is 0 Å². The van der Waals surface area contributed by atoms with Gasteiger partial charge in [-0.05, 0) is 24.6 Å². The summed E-state index contributed by atoms with van der Waals surface area (Å²) in [7, 11) is 3.93. The summed E-state index contributed by atoms with van der Waals surface area (Å²) in [6.07, 6.45) is 2.30. The molecule has 0 aromatic heterocycles. The third-order valence-corrected chi connectivity index (χ3v) is 4.55. The fourth-order valence-corrected chi connectivity index (χ4v) is 3.33. The average Bonchev–Trinajstić information content (AvgIpc) is 2.33. The molecular weight excluding hydrogens is 324 g/mol. The van der Waals surface area contributed by atoms with Crippen molar-refractivity contribution in [3.05, 3.63) is 50.0 Å². The average molecular weight is 337 g/mol. The van der Waals surface area contributed by atoms with E-state index in [-0.39, 0.29) is 5.92 Å². The summed E-state index contributed by atoms with van der Waals surface area (Å²) in [6.45, 7) is 0. The van der Waals surface area contributed by atoms with Crippen LogP contribution in [0.25, 0.3) is 0 Å². The zero-order valence-electron chi connectivity index (χ0n) is 10.6. The Morgan fingerprint density at radius 2 is 1.79 bits per heavy atom. The van der Waals surface area contributed by atoms with E-state index < -0.39 is 0 Å². The smallest absolute Gasteiger partial charge is 0.0569 e. The van der Waals surface area contributed by atoms with Gasteiger partial charge in [0.1, 0.15) is 0 Å². The lowest BCUT2D eigenvalue weighted by molar-refractivity contribution is 0.819. The Morgan fingerprint density at radius 1 is 1.11 bits per heavy atom. The lowest BCUT2D eigenvalue weighted by atomic mass is 9.90. The summed E-state index contributed by atoms with van der Waals surface area (Å²) in [6, 6.07) is 5.78. The molecule has 1 aliphatic carbocycles. The van der Waals surface area contributed by atoms with Gasteiger partial charge in [-0.3, -0.25) is 0 Å². The van der Waals surface area contributed by atoms with Crippen LogP contribution >= 0.6 is 46.4 Å². The monoisotopic (exact) mass is 335 g/mol. The Kier molecular flexibility index (Phi) is 4.73. The van der Waals surface area contributed by atoms with Gasteiger partial charge in [-0.15, -0.1) is 0 Å². The second kappa shape index (κ2) is 5.97. The highest BCUT2D eigenvalue weighted by Gasteiger charge is 2.27. The van der Waals surface area contributed by atoms with Crippen LogP contribution in [-0.2, 0) is 0 Å². The van der Waals surface area contributed by atoms with E-state index >= 15 is 0 Å². The Bertz CT molecular complexity index is 561. The lowest BCUT2D eigenvalue weighted by Crippen LogP contribution is -2.15. The van der Waals surface area contributed by atoms with Gasteiger partial charge in [0.15, 0.2) is 0 Å². The van der Waals surface area contributed by atoms with Gasteiger partial charge in [0.25, 0.3) is 0 Å². The molecule has 1 aliphatic rings. The highest BCUT2D eigenvalue weighted by Crippen LogP contribution is 2.46. The molecule has 0 radical (unpaired) electrons. The van der Waals surface area contributed by atoms with Crippen LogP contribution in [0.1, 0.15) is 17.9 Å². The van der Waals surface area contributed by atoms with Crippen molar-refractivity contribution in [1.29, 1.82) is 0 Å². The topological polar surface area (TPSA) is 3.24 Å². The summed E-state index contributed by atoms with van der Waals surface area (Å²) in [5, 5.41) is 2.42. The molecule has 1 nitrogen and oxygen atoms in total. The number of hydrogen-bond donors (Lipinski definition) is 0. The summed E-state index contributed by atoms with van der Waals surface area (Å²) < 4.78 is 0. The van der Waals surface area contributed by atoms with E-state index in [1.807, 2.05) is 37.2 Å². The van der Waals surface area contributed by atoms with Crippen LogP contribution in [0, 0.1) is 0 Å². The van der Waals surface area contributed by atoms with E-state index in [9.17, 15) is 0 Å². The molecule has 0 saturated heterocycles. The minimum Gasteiger partial charge on any atom is -0.377 e. The highest BCUT2D eigenvalue weighted by atomic mass is 35.5. The predicted octanol–water partition coefficient (Wildman–Crippen LogP) is 5.71. The molecular formula is C14H13Cl4N. The normalized spacial score (nSPS) is 19.5. The van der Waals surface area contributed by atoms with Gasteiger partial charge in [-0.25, -0.2) is 0 Å². The largest absolute Gasteiger partial charge is 0.377 e. The number of halogens is 4. The number of hydrogen-bond acceptors (Lipinski definition) is 1. The molecule has 19 heavy (non-hydrogen) atoms. The molecule has 0 N–H and O–H groups in total. The molecule has 102 valence electrons. The van der Waals surface area contributed by atoms with Crippen molar-refractivity contribution in [2.75, 3.05) is 19.0 Å². The first-order valence-electron chi connectivity index (χ1n) is 5.78. The number of rotatable bonds is 2. The van der Waals surface area contributed by atoms with Crippen molar-refractivity contribution >= 4 is 52.1 Å². The molecule has 5 heteroatoms. The molecule has 2 rings (SSSR count). The van der Waals surface area contributed by atoms with Crippen molar-refractivity contribution in [1.82, 2.24) is 0 Å². The van der Waals surface area contributed by atoms with E-state index in [0.717, 1.165) is 11.3 Å². The van der Waals surface area contributed by atoms with Gasteiger partial charge in [-0.1, -0.05) is 52.5 Å². The van der Waals surface area contributed by atoms with E-state index in [1.165, 1.54) is 0 Å². The van der Waals surface area contributed by atoms with Gasteiger partial charge in [0, 0.05) is 46.4 Å². The number of allylic oxidation sites excluding steroid dienone is 4. The van der Waals surface area contributed by atoms with E-state index in [2.05, 4.69) is 0 Å². The van der Waals surface area contributed by atoms with Gasteiger partial charge in [-0.2, -0.15) is 0 Å². The van der Waals surface area contributed by atoms with Gasteiger partial charge in [0.05, 0.1) is 5.03 Å². The Balaban J connectivity index is 2.57. The molecule has 0 amide bonds. The van der Waals surface area contributed by atoms with Crippen LogP contribution < -0.4 is 4.90 Å². The standard InChI is InChI=1S/C14H13Cl4N/c1-19(2)12-5-3-4-10(16)13(12)9-6-8(15)7-11(17)14(9)18/h3-5,7,9H,6H2,1-2H3. The second-order valence-corrected chi connectivity index (χ2v) is 6.32. The van der Waals surface area contributed by atoms with Crippen molar-refractivity contribution in [3.8, 4) is 0 Å². The van der Waals surface area contributed by atoms with Crippen LogP contribution in [0.3, 0.4) is 0 Å². The zero-order valence-corrected chi connectivity index (χ0v) is 13.6. The molecule has 0 fully saturated rings. The number of benzene rings is 1. The molecule has 1 aromatic rings. The first-order valence-corrected chi connectivity index (χ1v) is 7.30. The third-order valence-electron chi connectivity index (χ3n) is 3.08. The number of nitrogens with zero attached hydrogens (tertiary/aromatic N) is 1. The Morgan fingerprint density at radius 3 is 2.42 bits per heavy atom. The Labute approximate surface area is 133 Å². The zero-order chi connectivity index (χ0) is 14.2. The maximum atomic E-state index is 6.35. The molecule has 0 heterocycles. The van der Waals surface area contributed by atoms with Crippen LogP contribution in [0.5, 0.6) is 0 Å². The van der Waals surface area contributed by atoms with Crippen LogP contribution in [0.2, 0.25) is 5.02 Å². The fraction of sp³-hybridized carbons (Fsp3) is 0.286. The summed E-state index contributed by atoms with van der Waals surface area (Å²) in [4.78, 5) is 2.01. The van der Waals surface area contributed by atoms with Crippen LogP contribution in [0.4, 0.5) is 5.69 Å². The quantitative estimate of drug-likeness (QED) is 0.669. The molecule has 1 aromatic carbocycles. The third kappa shape index (κ3) is 3.05.